The van der Waals surface area contributed by atoms with Gasteiger partial charge in [0.05, 0.1) is 6.54 Å². The highest BCUT2D eigenvalue weighted by Crippen LogP contribution is 2.31. The molecule has 0 radical (unpaired) electrons. The van der Waals surface area contributed by atoms with Crippen LogP contribution in [0, 0.1) is 0 Å². The first-order valence-electron chi connectivity index (χ1n) is 11.1. The Morgan fingerprint density at radius 2 is 1.82 bits per heavy atom. The Bertz CT molecular complexity index is 1310. The van der Waals surface area contributed by atoms with Crippen molar-refractivity contribution >= 4 is 28.2 Å². The minimum atomic E-state index is -1.76. The highest BCUT2D eigenvalue weighted by atomic mass is 16.3. The zero-order valence-electron chi connectivity index (χ0n) is 18.2. The van der Waals surface area contributed by atoms with E-state index >= 15 is 0 Å². The minimum absolute atomic E-state index is 0.0715. The maximum atomic E-state index is 13.2. The summed E-state index contributed by atoms with van der Waals surface area (Å²) in [6.07, 6.45) is 5.66. The van der Waals surface area contributed by atoms with Gasteiger partial charge in [-0.05, 0) is 41.8 Å². The van der Waals surface area contributed by atoms with Crippen molar-refractivity contribution in [1.82, 2.24) is 9.97 Å². The highest BCUT2D eigenvalue weighted by Gasteiger charge is 2.42. The first-order chi connectivity index (χ1) is 16.0. The molecule has 3 heterocycles. The average Bonchev–Trinajstić information content (AvgIpc) is 3.21. The lowest BCUT2D eigenvalue weighted by molar-refractivity contribution is -0.135. The van der Waals surface area contributed by atoms with Gasteiger partial charge in [-0.3, -0.25) is 14.6 Å². The number of rotatable bonds is 6. The summed E-state index contributed by atoms with van der Waals surface area (Å²) in [7, 11) is 0. The number of para-hydroxylation sites is 2. The fraction of sp³-hybridized carbons (Fsp3) is 0.222. The lowest BCUT2D eigenvalue weighted by atomic mass is 9.88. The van der Waals surface area contributed by atoms with E-state index in [1.54, 1.807) is 12.1 Å². The third kappa shape index (κ3) is 4.17. The molecule has 2 aromatic carbocycles. The molecule has 0 spiro atoms. The van der Waals surface area contributed by atoms with Gasteiger partial charge in [-0.2, -0.15) is 0 Å². The second-order valence-corrected chi connectivity index (χ2v) is 8.63. The molecule has 1 aliphatic heterocycles. The summed E-state index contributed by atoms with van der Waals surface area (Å²) in [5.74, 6) is -0.595. The molecule has 0 saturated carbocycles. The molecule has 0 amide bonds. The largest absolute Gasteiger partial charge is 0.380 e. The second kappa shape index (κ2) is 8.64. The predicted octanol–water partition coefficient (Wildman–Crippen LogP) is 3.74. The second-order valence-electron chi connectivity index (χ2n) is 8.63. The van der Waals surface area contributed by atoms with Gasteiger partial charge in [-0.15, -0.1) is 0 Å². The monoisotopic (exact) mass is 439 g/mol. The third-order valence-electron chi connectivity index (χ3n) is 6.44. The van der Waals surface area contributed by atoms with Gasteiger partial charge in [0.15, 0.2) is 11.6 Å². The van der Waals surface area contributed by atoms with Gasteiger partial charge in [-0.1, -0.05) is 36.4 Å². The van der Waals surface area contributed by atoms with E-state index in [1.165, 1.54) is 23.3 Å². The van der Waals surface area contributed by atoms with E-state index in [9.17, 15) is 14.7 Å². The molecule has 5 rings (SSSR count). The number of fused-ring (bicyclic) bond motifs is 2. The van der Waals surface area contributed by atoms with Crippen LogP contribution in [0.2, 0.25) is 0 Å². The first-order valence-corrected chi connectivity index (χ1v) is 11.1. The molecule has 1 atom stereocenters. The van der Waals surface area contributed by atoms with E-state index in [4.69, 9.17) is 0 Å². The smallest absolute Gasteiger partial charge is 0.171 e. The number of H-pyrrole nitrogens is 1. The molecule has 0 bridgehead atoms. The van der Waals surface area contributed by atoms with Crippen LogP contribution >= 0.6 is 0 Å². The Morgan fingerprint density at radius 1 is 1.06 bits per heavy atom. The van der Waals surface area contributed by atoms with Crippen LogP contribution in [0.25, 0.3) is 10.9 Å². The number of aromatic nitrogens is 2. The Balaban J connectivity index is 1.43. The SMILES string of the molecule is O=C(CC1(O)CN(CCc2c[nH]c3ccccc23)c2ccccc2CC1=O)c1ccncc1. The van der Waals surface area contributed by atoms with Gasteiger partial charge in [0.25, 0.3) is 0 Å². The molecule has 0 aliphatic carbocycles. The molecule has 0 saturated heterocycles. The number of carbonyl (C=O) groups excluding carboxylic acids is 2. The van der Waals surface area contributed by atoms with Crippen molar-refractivity contribution in [3.05, 3.63) is 95.9 Å². The first kappa shape index (κ1) is 21.1. The molecule has 2 N–H and O–H groups in total. The van der Waals surface area contributed by atoms with Crippen molar-refractivity contribution in [3.8, 4) is 0 Å². The summed E-state index contributed by atoms with van der Waals surface area (Å²) in [6.45, 7) is 0.680. The van der Waals surface area contributed by atoms with Crippen LogP contribution in [0.15, 0.2) is 79.3 Å². The zero-order chi connectivity index (χ0) is 22.8. The lowest BCUT2D eigenvalue weighted by Gasteiger charge is -2.32. The average molecular weight is 440 g/mol. The van der Waals surface area contributed by atoms with Crippen molar-refractivity contribution in [2.24, 2.45) is 0 Å². The number of hydrogen-bond donors (Lipinski definition) is 2. The van der Waals surface area contributed by atoms with Crippen LogP contribution < -0.4 is 4.90 Å². The minimum Gasteiger partial charge on any atom is -0.380 e. The van der Waals surface area contributed by atoms with Gasteiger partial charge in [0, 0.05) is 60.1 Å². The molecular weight excluding hydrogens is 414 g/mol. The molecule has 6 nitrogen and oxygen atoms in total. The summed E-state index contributed by atoms with van der Waals surface area (Å²) < 4.78 is 0. The number of carbonyl (C=O) groups is 2. The Hall–Kier alpha value is -3.77. The summed E-state index contributed by atoms with van der Waals surface area (Å²) in [5.41, 5.74) is 2.73. The number of nitrogens with zero attached hydrogens (tertiary/aromatic N) is 2. The van der Waals surface area contributed by atoms with E-state index in [0.717, 1.165) is 23.2 Å². The zero-order valence-corrected chi connectivity index (χ0v) is 18.2. The van der Waals surface area contributed by atoms with E-state index in [1.807, 2.05) is 53.6 Å². The Morgan fingerprint density at radius 3 is 2.67 bits per heavy atom. The van der Waals surface area contributed by atoms with Gasteiger partial charge in [0.2, 0.25) is 0 Å². The van der Waals surface area contributed by atoms with E-state index < -0.39 is 5.60 Å². The van der Waals surface area contributed by atoms with Crippen LogP contribution in [0.1, 0.15) is 27.9 Å². The van der Waals surface area contributed by atoms with Crippen molar-refractivity contribution in [2.75, 3.05) is 18.0 Å². The van der Waals surface area contributed by atoms with Gasteiger partial charge in [0.1, 0.15) is 5.60 Å². The molecule has 166 valence electrons. The number of Topliss-reactive ketones (excluding diaryl/α,β-unsaturated/α-hetero) is 2. The fourth-order valence-corrected chi connectivity index (χ4v) is 4.65. The summed E-state index contributed by atoms with van der Waals surface area (Å²) in [6, 6.07) is 19.1. The number of benzene rings is 2. The molecule has 0 fully saturated rings. The molecule has 6 heteroatoms. The number of nitrogens with one attached hydrogen (secondary N) is 1. The van der Waals surface area contributed by atoms with Crippen molar-refractivity contribution in [2.45, 2.75) is 24.9 Å². The normalized spacial score (nSPS) is 18.2. The van der Waals surface area contributed by atoms with Crippen molar-refractivity contribution in [1.29, 1.82) is 0 Å². The molecule has 33 heavy (non-hydrogen) atoms. The van der Waals surface area contributed by atoms with Crippen LogP contribution in [-0.4, -0.2) is 45.3 Å². The van der Waals surface area contributed by atoms with Gasteiger partial charge < -0.3 is 15.0 Å². The van der Waals surface area contributed by atoms with E-state index in [0.29, 0.717) is 12.1 Å². The van der Waals surface area contributed by atoms with E-state index in [2.05, 4.69) is 16.0 Å². The predicted molar refractivity (Wildman–Crippen MR) is 128 cm³/mol. The maximum absolute atomic E-state index is 13.2. The number of pyridine rings is 1. The standard InChI is InChI=1S/C27H25N3O3/c31-25(19-9-12-28-13-10-19)16-27(33)18-30(24-8-4-1-5-20(24)15-26(27)32)14-11-21-17-29-23-7-3-2-6-22(21)23/h1-10,12-13,17,29,33H,11,14-16,18H2. The Kier molecular flexibility index (Phi) is 5.52. The van der Waals surface area contributed by atoms with Crippen molar-refractivity contribution in [3.63, 3.8) is 0 Å². The number of aromatic amines is 1. The van der Waals surface area contributed by atoms with Crippen LogP contribution in [-0.2, 0) is 17.6 Å². The number of hydrogen-bond acceptors (Lipinski definition) is 5. The molecular formula is C27H25N3O3. The molecule has 1 aliphatic rings. The number of ketones is 2. The van der Waals surface area contributed by atoms with Crippen LogP contribution in [0.4, 0.5) is 5.69 Å². The Labute approximate surface area is 191 Å². The summed E-state index contributed by atoms with van der Waals surface area (Å²) in [4.78, 5) is 35.3. The van der Waals surface area contributed by atoms with Crippen LogP contribution in [0.5, 0.6) is 0 Å². The number of aliphatic hydroxyl groups is 1. The molecule has 4 aromatic rings. The topological polar surface area (TPSA) is 86.3 Å². The third-order valence-corrected chi connectivity index (χ3v) is 6.44. The quantitative estimate of drug-likeness (QED) is 0.447. The summed E-state index contributed by atoms with van der Waals surface area (Å²) in [5, 5.41) is 12.7. The summed E-state index contributed by atoms with van der Waals surface area (Å²) >= 11 is 0. The fourth-order valence-electron chi connectivity index (χ4n) is 4.65. The molecule has 2 aromatic heterocycles. The molecule has 1 unspecified atom stereocenters. The number of anilines is 1. The van der Waals surface area contributed by atoms with Gasteiger partial charge >= 0.3 is 0 Å². The van der Waals surface area contributed by atoms with E-state index in [-0.39, 0.29) is 31.0 Å². The number of β-amino-alcohol motifs (C(OH)–C–C–N with tert-alkyl or cyclic N) is 1. The van der Waals surface area contributed by atoms with Crippen LogP contribution in [0.3, 0.4) is 0 Å². The van der Waals surface area contributed by atoms with Gasteiger partial charge in [-0.25, -0.2) is 0 Å². The maximum Gasteiger partial charge on any atom is 0.171 e. The van der Waals surface area contributed by atoms with Crippen molar-refractivity contribution < 1.29 is 14.7 Å². The lowest BCUT2D eigenvalue weighted by Crippen LogP contribution is -2.50. The highest BCUT2D eigenvalue weighted by molar-refractivity contribution is 6.02.